The van der Waals surface area contributed by atoms with Gasteiger partial charge in [-0.25, -0.2) is 4.79 Å². The van der Waals surface area contributed by atoms with Crippen LogP contribution < -0.4 is 20.3 Å². The summed E-state index contributed by atoms with van der Waals surface area (Å²) in [4.78, 5) is 39.1. The standard InChI is InChI=1S/C25H34N2O6/c1-4-5-15-27-20-17(11-12-19(32-2)21(20)33-3)16-18(23(27)29)22(28)26-25(24(30)31)13-9-7-6-8-10-14-25/h11-12,16H,4-10,13-15H2,1-3H3,(H,26,28)(H,30,31). The van der Waals surface area contributed by atoms with Crippen molar-refractivity contribution in [2.24, 2.45) is 0 Å². The van der Waals surface area contributed by atoms with Crippen LogP contribution in [0.2, 0.25) is 0 Å². The average molecular weight is 459 g/mol. The summed E-state index contributed by atoms with van der Waals surface area (Å²) in [6.45, 7) is 2.42. The van der Waals surface area contributed by atoms with Crippen LogP contribution in [0.15, 0.2) is 23.0 Å². The van der Waals surface area contributed by atoms with Gasteiger partial charge in [0.1, 0.15) is 11.1 Å². The molecule has 0 unspecified atom stereocenters. The van der Waals surface area contributed by atoms with Gasteiger partial charge < -0.3 is 24.5 Å². The number of fused-ring (bicyclic) bond motifs is 1. The number of carboxylic acids is 1. The van der Waals surface area contributed by atoms with Crippen LogP contribution in [0.1, 0.15) is 75.1 Å². The molecule has 1 heterocycles. The Morgan fingerprint density at radius 2 is 1.76 bits per heavy atom. The number of pyridine rings is 1. The maximum Gasteiger partial charge on any atom is 0.329 e. The van der Waals surface area contributed by atoms with Crippen molar-refractivity contribution in [3.05, 3.63) is 34.1 Å². The second kappa shape index (κ2) is 10.7. The first kappa shape index (κ1) is 24.6. The van der Waals surface area contributed by atoms with Crippen LogP contribution in [-0.2, 0) is 11.3 Å². The number of nitrogens with zero attached hydrogens (tertiary/aromatic N) is 1. The summed E-state index contributed by atoms with van der Waals surface area (Å²) in [6, 6.07) is 5.03. The Morgan fingerprint density at radius 1 is 1.09 bits per heavy atom. The van der Waals surface area contributed by atoms with Gasteiger partial charge >= 0.3 is 5.97 Å². The summed E-state index contributed by atoms with van der Waals surface area (Å²) in [5.41, 5.74) is -1.32. The number of aliphatic carboxylic acids is 1. The molecule has 0 aliphatic heterocycles. The normalized spacial score (nSPS) is 16.0. The molecular weight excluding hydrogens is 424 g/mol. The summed E-state index contributed by atoms with van der Waals surface area (Å²) in [5, 5.41) is 13.4. The van der Waals surface area contributed by atoms with Gasteiger partial charge in [0.15, 0.2) is 11.5 Å². The highest BCUT2D eigenvalue weighted by Gasteiger charge is 2.40. The number of aromatic nitrogens is 1. The summed E-state index contributed by atoms with van der Waals surface area (Å²) >= 11 is 0. The smallest absolute Gasteiger partial charge is 0.329 e. The van der Waals surface area contributed by atoms with Crippen molar-refractivity contribution in [2.75, 3.05) is 14.2 Å². The topological polar surface area (TPSA) is 107 Å². The lowest BCUT2D eigenvalue weighted by molar-refractivity contribution is -0.145. The number of carbonyl (C=O) groups is 2. The van der Waals surface area contributed by atoms with Crippen LogP contribution >= 0.6 is 0 Å². The van der Waals surface area contributed by atoms with E-state index in [-0.39, 0.29) is 5.56 Å². The first-order chi connectivity index (χ1) is 15.9. The highest BCUT2D eigenvalue weighted by atomic mass is 16.5. The number of carbonyl (C=O) groups excluding carboxylic acids is 1. The van der Waals surface area contributed by atoms with E-state index >= 15 is 0 Å². The largest absolute Gasteiger partial charge is 0.493 e. The predicted octanol–water partition coefficient (Wildman–Crippen LogP) is 4.12. The van der Waals surface area contributed by atoms with Crippen LogP contribution in [0.3, 0.4) is 0 Å². The lowest BCUT2D eigenvalue weighted by Crippen LogP contribution is -2.55. The third-order valence-electron chi connectivity index (χ3n) is 6.55. The molecule has 8 nitrogen and oxygen atoms in total. The molecule has 1 aliphatic carbocycles. The number of unbranched alkanes of at least 4 members (excludes halogenated alkanes) is 1. The molecule has 1 aliphatic rings. The van der Waals surface area contributed by atoms with Crippen molar-refractivity contribution in [1.29, 1.82) is 0 Å². The van der Waals surface area contributed by atoms with Crippen molar-refractivity contribution in [3.63, 3.8) is 0 Å². The SMILES string of the molecule is CCCCn1c(=O)c(C(=O)NC2(C(=O)O)CCCCCCC2)cc2ccc(OC)c(OC)c21. The van der Waals surface area contributed by atoms with Crippen LogP contribution in [0.5, 0.6) is 11.5 Å². The van der Waals surface area contributed by atoms with E-state index in [2.05, 4.69) is 5.32 Å². The zero-order valence-corrected chi connectivity index (χ0v) is 19.7. The Labute approximate surface area is 193 Å². The summed E-state index contributed by atoms with van der Waals surface area (Å²) in [7, 11) is 3.04. The van der Waals surface area contributed by atoms with Gasteiger partial charge in [-0.15, -0.1) is 0 Å². The van der Waals surface area contributed by atoms with Crippen LogP contribution in [0.4, 0.5) is 0 Å². The Balaban J connectivity index is 2.12. The highest BCUT2D eigenvalue weighted by Crippen LogP contribution is 2.35. The molecule has 1 saturated carbocycles. The number of aryl methyl sites for hydroxylation is 1. The maximum absolute atomic E-state index is 13.5. The number of methoxy groups -OCH3 is 2. The first-order valence-corrected chi connectivity index (χ1v) is 11.7. The zero-order valence-electron chi connectivity index (χ0n) is 19.7. The first-order valence-electron chi connectivity index (χ1n) is 11.7. The van der Waals surface area contributed by atoms with E-state index in [1.165, 1.54) is 20.3 Å². The fraction of sp³-hybridized carbons (Fsp3) is 0.560. The quantitative estimate of drug-likeness (QED) is 0.616. The van der Waals surface area contributed by atoms with Crippen molar-refractivity contribution in [2.45, 2.75) is 76.8 Å². The lowest BCUT2D eigenvalue weighted by atomic mass is 9.83. The van der Waals surface area contributed by atoms with Crippen molar-refractivity contribution in [1.82, 2.24) is 9.88 Å². The fourth-order valence-corrected chi connectivity index (χ4v) is 4.66. The maximum atomic E-state index is 13.5. The van der Waals surface area contributed by atoms with Crippen molar-refractivity contribution < 1.29 is 24.2 Å². The molecule has 0 radical (unpaired) electrons. The molecule has 1 aromatic carbocycles. The van der Waals surface area contributed by atoms with Gasteiger partial charge in [0, 0.05) is 11.9 Å². The van der Waals surface area contributed by atoms with E-state index in [9.17, 15) is 19.5 Å². The molecule has 1 aromatic heterocycles. The van der Waals surface area contributed by atoms with Gasteiger partial charge in [-0.2, -0.15) is 0 Å². The minimum Gasteiger partial charge on any atom is -0.493 e. The fourth-order valence-electron chi connectivity index (χ4n) is 4.66. The molecule has 1 amide bonds. The number of benzene rings is 1. The van der Waals surface area contributed by atoms with E-state index in [0.29, 0.717) is 41.8 Å². The third kappa shape index (κ3) is 4.99. The number of carboxylic acid groups (broad SMARTS) is 1. The minimum absolute atomic E-state index is 0.0616. The number of nitrogens with one attached hydrogen (secondary N) is 1. The minimum atomic E-state index is -1.36. The van der Waals surface area contributed by atoms with E-state index in [0.717, 1.165) is 44.9 Å². The molecule has 2 N–H and O–H groups in total. The van der Waals surface area contributed by atoms with Crippen LogP contribution in [0.25, 0.3) is 10.9 Å². The van der Waals surface area contributed by atoms with Gasteiger partial charge in [0.05, 0.1) is 19.7 Å². The number of rotatable bonds is 8. The molecule has 0 atom stereocenters. The molecule has 1 fully saturated rings. The highest BCUT2D eigenvalue weighted by molar-refractivity contribution is 6.01. The van der Waals surface area contributed by atoms with Crippen LogP contribution in [0, 0.1) is 0 Å². The van der Waals surface area contributed by atoms with E-state index in [1.54, 1.807) is 16.7 Å². The Bertz CT molecular complexity index is 1070. The van der Waals surface area contributed by atoms with Crippen molar-refractivity contribution in [3.8, 4) is 11.5 Å². The molecule has 0 bridgehead atoms. The van der Waals surface area contributed by atoms with Gasteiger partial charge in [0.25, 0.3) is 11.5 Å². The van der Waals surface area contributed by atoms with Crippen molar-refractivity contribution >= 4 is 22.8 Å². The molecule has 0 saturated heterocycles. The number of hydrogen-bond acceptors (Lipinski definition) is 5. The second-order valence-electron chi connectivity index (χ2n) is 8.72. The second-order valence-corrected chi connectivity index (χ2v) is 8.72. The molecule has 0 spiro atoms. The zero-order chi connectivity index (χ0) is 24.0. The molecule has 180 valence electrons. The predicted molar refractivity (Wildman–Crippen MR) is 126 cm³/mol. The molecule has 2 aromatic rings. The third-order valence-corrected chi connectivity index (χ3v) is 6.55. The molecular formula is C25H34N2O6. The number of ether oxygens (including phenoxy) is 2. The van der Waals surface area contributed by atoms with Gasteiger partial charge in [-0.3, -0.25) is 9.59 Å². The van der Waals surface area contributed by atoms with Gasteiger partial charge in [-0.05, 0) is 37.5 Å². The number of hydrogen-bond donors (Lipinski definition) is 2. The molecule has 8 heteroatoms. The van der Waals surface area contributed by atoms with Crippen LogP contribution in [-0.4, -0.2) is 41.3 Å². The summed E-state index contributed by atoms with van der Waals surface area (Å²) in [5.74, 6) is -0.774. The number of amides is 1. The Hall–Kier alpha value is -3.03. The van der Waals surface area contributed by atoms with E-state index in [1.807, 2.05) is 6.92 Å². The lowest BCUT2D eigenvalue weighted by Gasteiger charge is -2.32. The van der Waals surface area contributed by atoms with Gasteiger partial charge in [-0.1, -0.05) is 45.4 Å². The molecule has 3 rings (SSSR count). The summed E-state index contributed by atoms with van der Waals surface area (Å²) < 4.78 is 12.5. The Kier molecular flexibility index (Phi) is 8.00. The monoisotopic (exact) mass is 458 g/mol. The Morgan fingerprint density at radius 3 is 2.33 bits per heavy atom. The van der Waals surface area contributed by atoms with E-state index < -0.39 is 23.0 Å². The summed E-state index contributed by atoms with van der Waals surface area (Å²) in [6.07, 6.45) is 6.70. The van der Waals surface area contributed by atoms with Gasteiger partial charge in [0.2, 0.25) is 0 Å². The average Bonchev–Trinajstić information content (AvgIpc) is 2.78. The molecule has 33 heavy (non-hydrogen) atoms. The van der Waals surface area contributed by atoms with E-state index in [4.69, 9.17) is 9.47 Å².